The van der Waals surface area contributed by atoms with Crippen molar-refractivity contribution in [2.45, 2.75) is 6.92 Å². The first-order chi connectivity index (χ1) is 17.5. The van der Waals surface area contributed by atoms with Crippen LogP contribution in [0.4, 0.5) is 5.69 Å². The van der Waals surface area contributed by atoms with E-state index in [0.29, 0.717) is 39.4 Å². The number of carbonyl (C=O) groups excluding carboxylic acids is 1. The molecule has 0 bridgehead atoms. The van der Waals surface area contributed by atoms with Gasteiger partial charge >= 0.3 is 5.63 Å². The monoisotopic (exact) mass is 472 g/mol. The van der Waals surface area contributed by atoms with Gasteiger partial charge in [-0.2, -0.15) is 0 Å². The topological polar surface area (TPSA) is 85.3 Å². The molecule has 2 heterocycles. The minimum atomic E-state index is -0.451. The summed E-state index contributed by atoms with van der Waals surface area (Å²) in [6.45, 7) is 2.01. The summed E-state index contributed by atoms with van der Waals surface area (Å²) < 4.78 is 11.4. The third kappa shape index (κ3) is 4.05. The lowest BCUT2D eigenvalue weighted by Gasteiger charge is -2.08. The Balaban J connectivity index is 1.28. The van der Waals surface area contributed by atoms with E-state index >= 15 is 0 Å². The lowest BCUT2D eigenvalue weighted by molar-refractivity contribution is 0.102. The molecule has 0 atom stereocenters. The number of nitrogens with zero attached hydrogens (tertiary/aromatic N) is 1. The van der Waals surface area contributed by atoms with Crippen molar-refractivity contribution in [1.29, 1.82) is 0 Å². The summed E-state index contributed by atoms with van der Waals surface area (Å²) in [6.07, 6.45) is 0. The van der Waals surface area contributed by atoms with Gasteiger partial charge in [0, 0.05) is 22.2 Å². The van der Waals surface area contributed by atoms with Crippen LogP contribution in [0.15, 0.2) is 111 Å². The molecule has 6 aromatic rings. The minimum Gasteiger partial charge on any atom is -0.436 e. The average molecular weight is 473 g/mol. The zero-order chi connectivity index (χ0) is 24.6. The predicted molar refractivity (Wildman–Crippen MR) is 140 cm³/mol. The second kappa shape index (κ2) is 8.67. The van der Waals surface area contributed by atoms with Gasteiger partial charge in [-0.05, 0) is 72.6 Å². The maximum atomic E-state index is 13.1. The molecule has 0 unspecified atom stereocenters. The zero-order valence-electron chi connectivity index (χ0n) is 19.3. The molecule has 1 N–H and O–H groups in total. The minimum absolute atomic E-state index is 0.299. The van der Waals surface area contributed by atoms with Crippen molar-refractivity contribution in [1.82, 2.24) is 4.98 Å². The number of aryl methyl sites for hydroxylation is 1. The molecule has 2 aromatic heterocycles. The molecule has 6 nitrogen and oxygen atoms in total. The number of benzene rings is 4. The maximum Gasteiger partial charge on any atom is 0.344 e. The molecule has 36 heavy (non-hydrogen) atoms. The zero-order valence-corrected chi connectivity index (χ0v) is 19.3. The molecule has 0 saturated heterocycles. The first-order valence-electron chi connectivity index (χ1n) is 11.5. The van der Waals surface area contributed by atoms with Gasteiger partial charge in [0.05, 0.1) is 5.56 Å². The Hall–Kier alpha value is -4.97. The van der Waals surface area contributed by atoms with Gasteiger partial charge < -0.3 is 14.2 Å². The molecule has 0 saturated carbocycles. The lowest BCUT2D eigenvalue weighted by Crippen LogP contribution is -2.12. The quantitative estimate of drug-likeness (QED) is 0.284. The van der Waals surface area contributed by atoms with Gasteiger partial charge in [-0.25, -0.2) is 9.78 Å². The average Bonchev–Trinajstić information content (AvgIpc) is 3.32. The van der Waals surface area contributed by atoms with Crippen molar-refractivity contribution >= 4 is 33.7 Å². The molecule has 0 aliphatic carbocycles. The first kappa shape index (κ1) is 21.6. The molecule has 174 valence electrons. The normalized spacial score (nSPS) is 11.1. The summed E-state index contributed by atoms with van der Waals surface area (Å²) in [4.78, 5) is 30.2. The molecular weight excluding hydrogens is 452 g/mol. The summed E-state index contributed by atoms with van der Waals surface area (Å²) in [5.74, 6) is 0.184. The second-order valence-corrected chi connectivity index (χ2v) is 8.59. The molecule has 0 spiro atoms. The lowest BCUT2D eigenvalue weighted by atomic mass is 10.0. The van der Waals surface area contributed by atoms with Gasteiger partial charge in [-0.15, -0.1) is 0 Å². The second-order valence-electron chi connectivity index (χ2n) is 8.59. The Bertz CT molecular complexity index is 1830. The van der Waals surface area contributed by atoms with E-state index < -0.39 is 5.63 Å². The van der Waals surface area contributed by atoms with E-state index in [1.165, 1.54) is 0 Å². The Morgan fingerprint density at radius 3 is 2.53 bits per heavy atom. The van der Waals surface area contributed by atoms with Gasteiger partial charge in [0.15, 0.2) is 5.58 Å². The van der Waals surface area contributed by atoms with Crippen LogP contribution in [0.1, 0.15) is 15.9 Å². The predicted octanol–water partition coefficient (Wildman–Crippen LogP) is 6.83. The van der Waals surface area contributed by atoms with E-state index in [1.54, 1.807) is 42.5 Å². The third-order valence-electron chi connectivity index (χ3n) is 5.99. The highest BCUT2D eigenvalue weighted by atomic mass is 16.4. The van der Waals surface area contributed by atoms with Crippen LogP contribution in [0.2, 0.25) is 0 Å². The number of hydrogen-bond donors (Lipinski definition) is 1. The number of para-hydroxylation sites is 1. The highest BCUT2D eigenvalue weighted by molar-refractivity contribution is 6.05. The molecule has 0 aliphatic heterocycles. The molecule has 6 rings (SSSR count). The first-order valence-corrected chi connectivity index (χ1v) is 11.5. The number of fused-ring (bicyclic) bond motifs is 2. The summed E-state index contributed by atoms with van der Waals surface area (Å²) in [7, 11) is 0. The number of oxazole rings is 1. The van der Waals surface area contributed by atoms with Crippen molar-refractivity contribution in [3.8, 4) is 22.6 Å². The van der Waals surface area contributed by atoms with Gasteiger partial charge in [-0.3, -0.25) is 4.79 Å². The largest absolute Gasteiger partial charge is 0.436 e. The number of hydrogen-bond acceptors (Lipinski definition) is 5. The number of nitrogens with one attached hydrogen (secondary N) is 1. The van der Waals surface area contributed by atoms with E-state index in [2.05, 4.69) is 10.3 Å². The van der Waals surface area contributed by atoms with E-state index in [9.17, 15) is 9.59 Å². The van der Waals surface area contributed by atoms with Crippen LogP contribution >= 0.6 is 0 Å². The fraction of sp³-hybridized carbons (Fsp3) is 0.0333. The van der Waals surface area contributed by atoms with Crippen molar-refractivity contribution in [3.63, 3.8) is 0 Å². The van der Waals surface area contributed by atoms with Crippen molar-refractivity contribution in [2.75, 3.05) is 5.32 Å². The standard InChI is InChI=1S/C30H20N2O4/c1-18-12-13-27-25(14-18)32-29(35-27)22-9-5-10-23(16-22)31-28(33)21-8-4-7-19(15-21)24-17-20-6-2-3-11-26(20)36-30(24)34/h2-17H,1H3,(H,31,33). The van der Waals surface area contributed by atoms with Gasteiger partial charge in [0.1, 0.15) is 11.1 Å². The number of anilines is 1. The van der Waals surface area contributed by atoms with E-state index in [-0.39, 0.29) is 5.91 Å². The van der Waals surface area contributed by atoms with Crippen LogP contribution in [-0.4, -0.2) is 10.9 Å². The van der Waals surface area contributed by atoms with Gasteiger partial charge in [0.2, 0.25) is 5.89 Å². The Morgan fingerprint density at radius 1 is 0.778 bits per heavy atom. The smallest absolute Gasteiger partial charge is 0.344 e. The van der Waals surface area contributed by atoms with E-state index in [1.807, 2.05) is 61.5 Å². The SMILES string of the molecule is Cc1ccc2oc(-c3cccc(NC(=O)c4cccc(-c5cc6ccccc6oc5=O)c4)c3)nc2c1. The van der Waals surface area contributed by atoms with Crippen LogP contribution in [0, 0.1) is 6.92 Å². The molecule has 6 heteroatoms. The molecule has 0 radical (unpaired) electrons. The van der Waals surface area contributed by atoms with Crippen LogP contribution in [0.5, 0.6) is 0 Å². The van der Waals surface area contributed by atoms with Crippen molar-refractivity contribution < 1.29 is 13.6 Å². The number of carbonyl (C=O) groups is 1. The third-order valence-corrected chi connectivity index (χ3v) is 5.99. The Kier molecular flexibility index (Phi) is 5.19. The summed E-state index contributed by atoms with van der Waals surface area (Å²) >= 11 is 0. The highest BCUT2D eigenvalue weighted by Gasteiger charge is 2.13. The Morgan fingerprint density at radius 2 is 1.61 bits per heavy atom. The molecule has 0 aliphatic rings. The molecule has 0 fully saturated rings. The number of rotatable bonds is 4. The van der Waals surface area contributed by atoms with Crippen LogP contribution in [0.25, 0.3) is 44.7 Å². The van der Waals surface area contributed by atoms with Crippen LogP contribution in [0.3, 0.4) is 0 Å². The summed E-state index contributed by atoms with van der Waals surface area (Å²) in [5.41, 5.74) is 5.45. The van der Waals surface area contributed by atoms with E-state index in [0.717, 1.165) is 22.0 Å². The van der Waals surface area contributed by atoms with Crippen molar-refractivity contribution in [3.05, 3.63) is 119 Å². The molecular formula is C30H20N2O4. The molecule has 1 amide bonds. The fourth-order valence-corrected chi connectivity index (χ4v) is 4.19. The van der Waals surface area contributed by atoms with Gasteiger partial charge in [-0.1, -0.05) is 42.5 Å². The fourth-order valence-electron chi connectivity index (χ4n) is 4.19. The Labute approximate surface area is 205 Å². The molecule has 4 aromatic carbocycles. The number of aromatic nitrogens is 1. The van der Waals surface area contributed by atoms with Crippen LogP contribution < -0.4 is 10.9 Å². The van der Waals surface area contributed by atoms with Gasteiger partial charge in [0.25, 0.3) is 5.91 Å². The highest BCUT2D eigenvalue weighted by Crippen LogP contribution is 2.27. The van der Waals surface area contributed by atoms with E-state index in [4.69, 9.17) is 8.83 Å². The number of amides is 1. The van der Waals surface area contributed by atoms with Crippen molar-refractivity contribution in [2.24, 2.45) is 0 Å². The van der Waals surface area contributed by atoms with Crippen LogP contribution in [-0.2, 0) is 0 Å². The summed E-state index contributed by atoms with van der Waals surface area (Å²) in [6, 6.07) is 29.2. The maximum absolute atomic E-state index is 13.1. The summed E-state index contributed by atoms with van der Waals surface area (Å²) in [5, 5.41) is 3.74.